The van der Waals surface area contributed by atoms with Crippen molar-refractivity contribution in [3.63, 3.8) is 0 Å². The lowest BCUT2D eigenvalue weighted by Crippen LogP contribution is -2.49. The highest BCUT2D eigenvalue weighted by atomic mass is 35.5. The SMILES string of the molecule is CSc1ccc(SCc2ccc(C(=O)N3[C@H]4CC[C@H]3CC(Oc3cc(C)ccc3Cl)C4)cc2)cc1. The Labute approximate surface area is 221 Å². The van der Waals surface area contributed by atoms with Gasteiger partial charge in [0.1, 0.15) is 11.9 Å². The molecule has 182 valence electrons. The lowest BCUT2D eigenvalue weighted by atomic mass is 9.98. The summed E-state index contributed by atoms with van der Waals surface area (Å²) in [4.78, 5) is 18.1. The zero-order chi connectivity index (χ0) is 24.4. The minimum atomic E-state index is 0.0974. The quantitative estimate of drug-likeness (QED) is 0.294. The highest BCUT2D eigenvalue weighted by Crippen LogP contribution is 2.39. The molecule has 2 atom stereocenters. The minimum Gasteiger partial charge on any atom is -0.489 e. The zero-order valence-electron chi connectivity index (χ0n) is 20.1. The fourth-order valence-electron chi connectivity index (χ4n) is 5.17. The number of hydrogen-bond donors (Lipinski definition) is 0. The monoisotopic (exact) mass is 523 g/mol. The van der Waals surface area contributed by atoms with E-state index in [9.17, 15) is 4.79 Å². The van der Waals surface area contributed by atoms with Gasteiger partial charge in [-0.2, -0.15) is 0 Å². The van der Waals surface area contributed by atoms with E-state index < -0.39 is 0 Å². The van der Waals surface area contributed by atoms with Gasteiger partial charge in [-0.1, -0.05) is 29.8 Å². The number of rotatable bonds is 7. The van der Waals surface area contributed by atoms with Crippen LogP contribution in [0.3, 0.4) is 0 Å². The fourth-order valence-corrected chi connectivity index (χ4v) is 6.59. The van der Waals surface area contributed by atoms with Crippen LogP contribution in [0.2, 0.25) is 5.02 Å². The van der Waals surface area contributed by atoms with Gasteiger partial charge in [0.05, 0.1) is 5.02 Å². The molecule has 0 aromatic heterocycles. The van der Waals surface area contributed by atoms with Crippen LogP contribution in [0, 0.1) is 6.92 Å². The first-order valence-electron chi connectivity index (χ1n) is 12.1. The maximum Gasteiger partial charge on any atom is 0.254 e. The number of nitrogens with zero attached hydrogens (tertiary/aromatic N) is 1. The number of fused-ring (bicyclic) bond motifs is 2. The van der Waals surface area contributed by atoms with E-state index in [1.807, 2.05) is 49.0 Å². The molecule has 35 heavy (non-hydrogen) atoms. The van der Waals surface area contributed by atoms with Crippen LogP contribution < -0.4 is 4.74 Å². The Morgan fingerprint density at radius 3 is 2.29 bits per heavy atom. The van der Waals surface area contributed by atoms with Gasteiger partial charge in [-0.25, -0.2) is 0 Å². The Morgan fingerprint density at radius 2 is 1.63 bits per heavy atom. The van der Waals surface area contributed by atoms with Crippen LogP contribution in [-0.4, -0.2) is 35.3 Å². The Kier molecular flexibility index (Phi) is 7.66. The molecule has 2 aliphatic heterocycles. The second kappa shape index (κ2) is 10.9. The first-order chi connectivity index (χ1) is 17.0. The van der Waals surface area contributed by atoms with E-state index in [2.05, 4.69) is 47.6 Å². The molecule has 3 aromatic carbocycles. The molecule has 0 aliphatic carbocycles. The fraction of sp³-hybridized carbons (Fsp3) is 0.345. The molecule has 0 radical (unpaired) electrons. The molecule has 2 aliphatic rings. The molecule has 2 bridgehead atoms. The maximum atomic E-state index is 13.4. The summed E-state index contributed by atoms with van der Waals surface area (Å²) in [6, 6.07) is 23.2. The largest absolute Gasteiger partial charge is 0.489 e. The Hall–Kier alpha value is -2.08. The summed E-state index contributed by atoms with van der Waals surface area (Å²) >= 11 is 9.93. The van der Waals surface area contributed by atoms with Crippen molar-refractivity contribution in [3.05, 3.63) is 88.4 Å². The van der Waals surface area contributed by atoms with Crippen molar-refractivity contribution in [2.45, 2.75) is 66.3 Å². The van der Waals surface area contributed by atoms with Gasteiger partial charge in [-0.3, -0.25) is 4.79 Å². The summed E-state index contributed by atoms with van der Waals surface area (Å²) in [5.41, 5.74) is 3.14. The molecule has 3 aromatic rings. The first-order valence-corrected chi connectivity index (χ1v) is 14.7. The Balaban J connectivity index is 1.19. The standard InChI is InChI=1S/C29H30ClNO2S2/c1-19-3-14-27(30)28(15-19)33-24-16-22-8-9-23(17-24)31(22)29(32)21-6-4-20(5-7-21)18-35-26-12-10-25(34-2)11-13-26/h3-7,10-15,22-24H,8-9,16-18H2,1-2H3/t22-,23-/m0/s1. The highest BCUT2D eigenvalue weighted by molar-refractivity contribution is 7.99. The number of halogens is 1. The molecule has 2 saturated heterocycles. The van der Waals surface area contributed by atoms with Crippen molar-refractivity contribution >= 4 is 41.0 Å². The number of carbonyl (C=O) groups excluding carboxylic acids is 1. The van der Waals surface area contributed by atoms with Crippen LogP contribution in [0.15, 0.2) is 76.5 Å². The number of ether oxygens (including phenoxy) is 1. The van der Waals surface area contributed by atoms with Gasteiger partial charge in [0.15, 0.2) is 0 Å². The molecule has 2 heterocycles. The van der Waals surface area contributed by atoms with E-state index in [0.29, 0.717) is 5.02 Å². The van der Waals surface area contributed by atoms with E-state index in [0.717, 1.165) is 48.3 Å². The average Bonchev–Trinajstić information content (AvgIpc) is 3.15. The molecular formula is C29H30ClNO2S2. The molecule has 5 rings (SSSR count). The third kappa shape index (κ3) is 5.68. The van der Waals surface area contributed by atoms with Crippen LogP contribution in [0.4, 0.5) is 0 Å². The van der Waals surface area contributed by atoms with Crippen molar-refractivity contribution in [2.24, 2.45) is 0 Å². The summed E-state index contributed by atoms with van der Waals surface area (Å²) < 4.78 is 6.30. The molecule has 0 unspecified atom stereocenters. The van der Waals surface area contributed by atoms with Gasteiger partial charge in [-0.05, 0) is 85.7 Å². The minimum absolute atomic E-state index is 0.0974. The topological polar surface area (TPSA) is 29.5 Å². The molecule has 1 amide bonds. The summed E-state index contributed by atoms with van der Waals surface area (Å²) in [5, 5.41) is 0.650. The second-order valence-corrected chi connectivity index (χ2v) is 11.7. The van der Waals surface area contributed by atoms with Crippen molar-refractivity contribution < 1.29 is 9.53 Å². The summed E-state index contributed by atoms with van der Waals surface area (Å²) in [6.45, 7) is 2.04. The average molecular weight is 524 g/mol. The number of aryl methyl sites for hydroxylation is 1. The molecule has 0 spiro atoms. The van der Waals surface area contributed by atoms with Gasteiger partial charge in [0.25, 0.3) is 5.91 Å². The van der Waals surface area contributed by atoms with E-state index in [1.54, 1.807) is 11.8 Å². The third-order valence-electron chi connectivity index (χ3n) is 6.97. The van der Waals surface area contributed by atoms with Crippen molar-refractivity contribution in [1.29, 1.82) is 0 Å². The predicted molar refractivity (Wildman–Crippen MR) is 147 cm³/mol. The number of piperidine rings is 1. The molecule has 3 nitrogen and oxygen atoms in total. The van der Waals surface area contributed by atoms with Gasteiger partial charge >= 0.3 is 0 Å². The van der Waals surface area contributed by atoms with Gasteiger partial charge in [0.2, 0.25) is 0 Å². The van der Waals surface area contributed by atoms with Crippen molar-refractivity contribution in [1.82, 2.24) is 4.90 Å². The smallest absolute Gasteiger partial charge is 0.254 e. The summed E-state index contributed by atoms with van der Waals surface area (Å²) in [5.74, 6) is 1.80. The normalized spacial score (nSPS) is 21.2. The van der Waals surface area contributed by atoms with Crippen LogP contribution >= 0.6 is 35.1 Å². The molecule has 2 fully saturated rings. The van der Waals surface area contributed by atoms with Gasteiger partial charge < -0.3 is 9.64 Å². The van der Waals surface area contributed by atoms with E-state index in [4.69, 9.17) is 16.3 Å². The highest BCUT2D eigenvalue weighted by Gasteiger charge is 2.44. The van der Waals surface area contributed by atoms with Crippen LogP contribution in [-0.2, 0) is 5.75 Å². The molecule has 0 saturated carbocycles. The van der Waals surface area contributed by atoms with E-state index >= 15 is 0 Å². The van der Waals surface area contributed by atoms with Crippen LogP contribution in [0.1, 0.15) is 47.2 Å². The predicted octanol–water partition coefficient (Wildman–Crippen LogP) is 7.88. The van der Waals surface area contributed by atoms with E-state index in [1.165, 1.54) is 15.4 Å². The Bertz CT molecular complexity index is 1170. The lowest BCUT2D eigenvalue weighted by molar-refractivity contribution is 0.0359. The Morgan fingerprint density at radius 1 is 0.971 bits per heavy atom. The number of thioether (sulfide) groups is 2. The van der Waals surface area contributed by atoms with Gasteiger partial charge in [0, 0.05) is 46.0 Å². The molecular weight excluding hydrogens is 494 g/mol. The van der Waals surface area contributed by atoms with Crippen molar-refractivity contribution in [3.8, 4) is 5.75 Å². The number of amides is 1. The van der Waals surface area contributed by atoms with Crippen LogP contribution in [0.25, 0.3) is 0 Å². The maximum absolute atomic E-state index is 13.4. The van der Waals surface area contributed by atoms with E-state index in [-0.39, 0.29) is 24.1 Å². The summed E-state index contributed by atoms with van der Waals surface area (Å²) in [6.07, 6.45) is 5.99. The number of benzene rings is 3. The number of carbonyl (C=O) groups is 1. The third-order valence-corrected chi connectivity index (χ3v) is 9.11. The lowest BCUT2D eigenvalue weighted by Gasteiger charge is -2.39. The second-order valence-electron chi connectivity index (χ2n) is 9.40. The molecule has 6 heteroatoms. The number of hydrogen-bond acceptors (Lipinski definition) is 4. The van der Waals surface area contributed by atoms with Gasteiger partial charge in [-0.15, -0.1) is 23.5 Å². The zero-order valence-corrected chi connectivity index (χ0v) is 22.5. The van der Waals surface area contributed by atoms with Crippen LogP contribution in [0.5, 0.6) is 5.75 Å². The summed E-state index contributed by atoms with van der Waals surface area (Å²) in [7, 11) is 0. The van der Waals surface area contributed by atoms with Crippen molar-refractivity contribution in [2.75, 3.05) is 6.26 Å². The molecule has 0 N–H and O–H groups in total. The first kappa shape index (κ1) is 24.6.